The molecule has 0 unspecified atom stereocenters. The number of amides is 1. The Labute approximate surface area is 174 Å². The van der Waals surface area contributed by atoms with Gasteiger partial charge in [0.05, 0.1) is 5.69 Å². The number of benzene rings is 3. The molecule has 0 fully saturated rings. The predicted octanol–water partition coefficient (Wildman–Crippen LogP) is 5.25. The van der Waals surface area contributed by atoms with Gasteiger partial charge in [0, 0.05) is 11.3 Å². The van der Waals surface area contributed by atoms with Gasteiger partial charge in [-0.3, -0.25) is 4.79 Å². The Hall–Kier alpha value is -3.80. The first-order valence-corrected chi connectivity index (χ1v) is 9.60. The lowest BCUT2D eigenvalue weighted by atomic mass is 10.1. The van der Waals surface area contributed by atoms with Crippen molar-refractivity contribution in [1.29, 1.82) is 0 Å². The lowest BCUT2D eigenvalue weighted by Gasteiger charge is -2.08. The Morgan fingerprint density at radius 1 is 0.933 bits per heavy atom. The molecular weight excluding hydrogens is 379 g/mol. The molecule has 0 radical (unpaired) electrons. The fraction of sp³-hybridized carbons (Fsp3) is 0.125. The zero-order chi connectivity index (χ0) is 21.3. The zero-order valence-electron chi connectivity index (χ0n) is 17.0. The maximum Gasteiger partial charge on any atom is 0.295 e. The highest BCUT2D eigenvalue weighted by molar-refractivity contribution is 6.02. The first kappa shape index (κ1) is 19.5. The first-order valence-electron chi connectivity index (χ1n) is 9.60. The van der Waals surface area contributed by atoms with Crippen molar-refractivity contribution in [3.05, 3.63) is 95.1 Å². The molecule has 0 atom stereocenters. The number of carbonyl (C=O) groups excluding carboxylic acids is 1. The number of anilines is 1. The van der Waals surface area contributed by atoms with Gasteiger partial charge in [-0.1, -0.05) is 42.0 Å². The lowest BCUT2D eigenvalue weighted by Crippen LogP contribution is -2.15. The molecule has 1 heterocycles. The largest absolute Gasteiger partial charge is 0.319 e. The van der Waals surface area contributed by atoms with Crippen LogP contribution in [-0.2, 0) is 0 Å². The summed E-state index contributed by atoms with van der Waals surface area (Å²) in [5, 5.41) is 7.32. The van der Waals surface area contributed by atoms with Crippen molar-refractivity contribution < 1.29 is 9.18 Å². The normalized spacial score (nSPS) is 10.8. The first-order chi connectivity index (χ1) is 14.4. The van der Waals surface area contributed by atoms with E-state index in [0.717, 1.165) is 27.9 Å². The molecule has 5 nitrogen and oxygen atoms in total. The van der Waals surface area contributed by atoms with E-state index in [0.29, 0.717) is 11.5 Å². The SMILES string of the molecule is Cc1ccc(-c2nc(C(=O)Nc3cccc(C)c3C)nn2-c2ccc(F)cc2)cc1. The van der Waals surface area contributed by atoms with E-state index in [1.807, 2.05) is 63.2 Å². The van der Waals surface area contributed by atoms with Crippen molar-refractivity contribution in [2.45, 2.75) is 20.8 Å². The van der Waals surface area contributed by atoms with Gasteiger partial charge in [0.15, 0.2) is 5.82 Å². The van der Waals surface area contributed by atoms with Crippen LogP contribution in [0.4, 0.5) is 10.1 Å². The molecule has 4 aromatic rings. The molecule has 150 valence electrons. The van der Waals surface area contributed by atoms with Crippen LogP contribution in [0.3, 0.4) is 0 Å². The monoisotopic (exact) mass is 400 g/mol. The second kappa shape index (κ2) is 7.91. The zero-order valence-corrected chi connectivity index (χ0v) is 17.0. The quantitative estimate of drug-likeness (QED) is 0.509. The second-order valence-corrected chi connectivity index (χ2v) is 7.21. The summed E-state index contributed by atoms with van der Waals surface area (Å²) in [5.74, 6) is -0.204. The predicted molar refractivity (Wildman–Crippen MR) is 115 cm³/mol. The third-order valence-electron chi connectivity index (χ3n) is 5.04. The molecule has 30 heavy (non-hydrogen) atoms. The molecule has 0 aliphatic heterocycles. The van der Waals surface area contributed by atoms with Gasteiger partial charge in [-0.05, 0) is 62.2 Å². The fourth-order valence-electron chi connectivity index (χ4n) is 3.12. The Morgan fingerprint density at radius 2 is 1.63 bits per heavy atom. The van der Waals surface area contributed by atoms with Crippen LogP contribution in [0, 0.1) is 26.6 Å². The highest BCUT2D eigenvalue weighted by Crippen LogP contribution is 2.23. The summed E-state index contributed by atoms with van der Waals surface area (Å²) in [6.45, 7) is 5.94. The third kappa shape index (κ3) is 3.85. The number of halogens is 1. The Kier molecular flexibility index (Phi) is 5.14. The Morgan fingerprint density at radius 3 is 2.33 bits per heavy atom. The minimum atomic E-state index is -0.405. The van der Waals surface area contributed by atoms with Crippen molar-refractivity contribution in [2.24, 2.45) is 0 Å². The minimum Gasteiger partial charge on any atom is -0.319 e. The van der Waals surface area contributed by atoms with Gasteiger partial charge in [0.2, 0.25) is 5.82 Å². The average molecular weight is 400 g/mol. The van der Waals surface area contributed by atoms with E-state index in [1.165, 1.54) is 12.1 Å². The van der Waals surface area contributed by atoms with E-state index in [-0.39, 0.29) is 11.6 Å². The van der Waals surface area contributed by atoms with E-state index >= 15 is 0 Å². The van der Waals surface area contributed by atoms with Gasteiger partial charge < -0.3 is 5.32 Å². The topological polar surface area (TPSA) is 59.8 Å². The number of aromatic nitrogens is 3. The van der Waals surface area contributed by atoms with E-state index in [4.69, 9.17) is 0 Å². The van der Waals surface area contributed by atoms with Crippen molar-refractivity contribution in [1.82, 2.24) is 14.8 Å². The van der Waals surface area contributed by atoms with Gasteiger partial charge in [-0.2, -0.15) is 0 Å². The van der Waals surface area contributed by atoms with Crippen LogP contribution in [0.1, 0.15) is 27.3 Å². The number of hydrogen-bond acceptors (Lipinski definition) is 3. The van der Waals surface area contributed by atoms with Crippen LogP contribution in [0.5, 0.6) is 0 Å². The number of rotatable bonds is 4. The molecule has 3 aromatic carbocycles. The van der Waals surface area contributed by atoms with E-state index in [2.05, 4.69) is 15.4 Å². The molecule has 0 spiro atoms. The highest BCUT2D eigenvalue weighted by Gasteiger charge is 2.19. The maximum atomic E-state index is 13.4. The van der Waals surface area contributed by atoms with Gasteiger partial charge in [-0.25, -0.2) is 14.1 Å². The van der Waals surface area contributed by atoms with Crippen LogP contribution in [0.15, 0.2) is 66.7 Å². The molecule has 1 amide bonds. The number of nitrogens with zero attached hydrogens (tertiary/aromatic N) is 3. The third-order valence-corrected chi connectivity index (χ3v) is 5.04. The summed E-state index contributed by atoms with van der Waals surface area (Å²) in [5.41, 5.74) is 5.32. The number of hydrogen-bond donors (Lipinski definition) is 1. The minimum absolute atomic E-state index is 0.0378. The van der Waals surface area contributed by atoms with Crippen molar-refractivity contribution in [2.75, 3.05) is 5.32 Å². The number of aryl methyl sites for hydroxylation is 2. The summed E-state index contributed by atoms with van der Waals surface area (Å²) in [6.07, 6.45) is 0. The van der Waals surface area contributed by atoms with Crippen molar-refractivity contribution in [3.8, 4) is 17.1 Å². The molecule has 0 aliphatic rings. The molecule has 0 aliphatic carbocycles. The maximum absolute atomic E-state index is 13.4. The van der Waals surface area contributed by atoms with Gasteiger partial charge in [-0.15, -0.1) is 5.10 Å². The summed E-state index contributed by atoms with van der Waals surface area (Å²) < 4.78 is 15.0. The summed E-state index contributed by atoms with van der Waals surface area (Å²) in [4.78, 5) is 17.4. The highest BCUT2D eigenvalue weighted by atomic mass is 19.1. The average Bonchev–Trinajstić information content (AvgIpc) is 3.18. The molecule has 4 rings (SSSR count). The van der Waals surface area contributed by atoms with E-state index < -0.39 is 5.91 Å². The summed E-state index contributed by atoms with van der Waals surface area (Å²) in [7, 11) is 0. The van der Waals surface area contributed by atoms with Gasteiger partial charge >= 0.3 is 0 Å². The van der Waals surface area contributed by atoms with E-state index in [1.54, 1.807) is 16.8 Å². The standard InChI is InChI=1S/C24H21FN4O/c1-15-7-9-18(10-8-15)23-27-22(28-29(23)20-13-11-19(25)12-14-20)24(30)26-21-6-4-5-16(2)17(21)3/h4-14H,1-3H3,(H,26,30). The molecular formula is C24H21FN4O. The van der Waals surface area contributed by atoms with Crippen molar-refractivity contribution >= 4 is 11.6 Å². The second-order valence-electron chi connectivity index (χ2n) is 7.21. The van der Waals surface area contributed by atoms with Crippen LogP contribution in [0.25, 0.3) is 17.1 Å². The molecule has 0 bridgehead atoms. The Bertz CT molecular complexity index is 1150. The smallest absolute Gasteiger partial charge is 0.295 e. The fourth-order valence-corrected chi connectivity index (χ4v) is 3.12. The van der Waals surface area contributed by atoms with Crippen LogP contribution in [0.2, 0.25) is 0 Å². The molecule has 1 N–H and O–H groups in total. The number of carbonyl (C=O) groups is 1. The van der Waals surface area contributed by atoms with Crippen LogP contribution < -0.4 is 5.32 Å². The summed E-state index contributed by atoms with van der Waals surface area (Å²) >= 11 is 0. The molecule has 6 heteroatoms. The molecule has 0 saturated carbocycles. The van der Waals surface area contributed by atoms with Gasteiger partial charge in [0.25, 0.3) is 5.91 Å². The lowest BCUT2D eigenvalue weighted by molar-refractivity contribution is 0.101. The van der Waals surface area contributed by atoms with Crippen LogP contribution >= 0.6 is 0 Å². The summed E-state index contributed by atoms with van der Waals surface area (Å²) in [6, 6.07) is 19.4. The Balaban J connectivity index is 1.76. The number of nitrogens with one attached hydrogen (secondary N) is 1. The van der Waals surface area contributed by atoms with Crippen molar-refractivity contribution in [3.63, 3.8) is 0 Å². The molecule has 0 saturated heterocycles. The van der Waals surface area contributed by atoms with E-state index in [9.17, 15) is 9.18 Å². The van der Waals surface area contributed by atoms with Crippen LogP contribution in [-0.4, -0.2) is 20.7 Å². The molecule has 1 aromatic heterocycles. The van der Waals surface area contributed by atoms with Gasteiger partial charge in [0.1, 0.15) is 5.82 Å².